The summed E-state index contributed by atoms with van der Waals surface area (Å²) >= 11 is 1.81. The van der Waals surface area contributed by atoms with Crippen LogP contribution < -0.4 is 10.1 Å². The van der Waals surface area contributed by atoms with Crippen LogP contribution in [0.15, 0.2) is 18.2 Å². The number of ether oxygens (including phenoxy) is 2. The van der Waals surface area contributed by atoms with Gasteiger partial charge in [0.1, 0.15) is 5.75 Å². The molecule has 4 nitrogen and oxygen atoms in total. The number of aryl methyl sites for hydroxylation is 1. The summed E-state index contributed by atoms with van der Waals surface area (Å²) in [4.78, 5) is 12.5. The largest absolute Gasteiger partial charge is 0.494 e. The van der Waals surface area contributed by atoms with Crippen LogP contribution in [0.25, 0.3) is 0 Å². The van der Waals surface area contributed by atoms with E-state index in [9.17, 15) is 4.79 Å². The van der Waals surface area contributed by atoms with Crippen molar-refractivity contribution >= 4 is 17.7 Å². The molecule has 0 bridgehead atoms. The zero-order chi connectivity index (χ0) is 15.8. The summed E-state index contributed by atoms with van der Waals surface area (Å²) in [5.74, 6) is 1.84. The molecule has 22 heavy (non-hydrogen) atoms. The molecular weight excluding hydrogens is 298 g/mol. The highest BCUT2D eigenvalue weighted by Crippen LogP contribution is 2.19. The topological polar surface area (TPSA) is 47.6 Å². The van der Waals surface area contributed by atoms with Gasteiger partial charge in [-0.1, -0.05) is 6.07 Å². The molecule has 5 heteroatoms. The first-order valence-corrected chi connectivity index (χ1v) is 9.21. The number of hydrogen-bond acceptors (Lipinski definition) is 4. The Balaban J connectivity index is 1.94. The van der Waals surface area contributed by atoms with Gasteiger partial charge in [-0.15, -0.1) is 0 Å². The van der Waals surface area contributed by atoms with Crippen LogP contribution in [0.3, 0.4) is 0 Å². The number of carbonyl (C=O) groups is 1. The molecule has 1 amide bonds. The van der Waals surface area contributed by atoms with Crippen molar-refractivity contribution in [3.63, 3.8) is 0 Å². The predicted octanol–water partition coefficient (Wildman–Crippen LogP) is 3.04. The molecule has 1 aliphatic rings. The van der Waals surface area contributed by atoms with Gasteiger partial charge in [-0.25, -0.2) is 0 Å². The van der Waals surface area contributed by atoms with Gasteiger partial charge in [0.25, 0.3) is 5.91 Å². The lowest BCUT2D eigenvalue weighted by atomic mass is 10.1. The number of benzene rings is 1. The summed E-state index contributed by atoms with van der Waals surface area (Å²) in [5.41, 5.74) is 1.68. The number of nitrogens with one attached hydrogen (secondary N) is 1. The summed E-state index contributed by atoms with van der Waals surface area (Å²) in [7, 11) is 0. The van der Waals surface area contributed by atoms with Gasteiger partial charge in [-0.3, -0.25) is 4.79 Å². The molecule has 1 aromatic carbocycles. The van der Waals surface area contributed by atoms with E-state index in [0.717, 1.165) is 49.5 Å². The van der Waals surface area contributed by atoms with Crippen LogP contribution in [0.5, 0.6) is 5.75 Å². The highest BCUT2D eigenvalue weighted by molar-refractivity contribution is 7.98. The van der Waals surface area contributed by atoms with Crippen molar-refractivity contribution in [1.82, 2.24) is 5.32 Å². The van der Waals surface area contributed by atoms with E-state index in [-0.39, 0.29) is 11.9 Å². The van der Waals surface area contributed by atoms with Crippen molar-refractivity contribution < 1.29 is 14.3 Å². The van der Waals surface area contributed by atoms with Crippen molar-refractivity contribution in [1.29, 1.82) is 0 Å². The molecule has 0 aromatic heterocycles. The van der Waals surface area contributed by atoms with E-state index < -0.39 is 0 Å². The Kier molecular flexibility index (Phi) is 7.06. The van der Waals surface area contributed by atoms with Gasteiger partial charge >= 0.3 is 0 Å². The molecule has 1 aliphatic heterocycles. The SMILES string of the molecule is CSCCCOc1ccc(C)c(C(=O)NC2CCOCC2)c1. The third kappa shape index (κ3) is 5.21. The first-order valence-electron chi connectivity index (χ1n) is 7.81. The third-order valence-corrected chi connectivity index (χ3v) is 4.47. The second-order valence-corrected chi connectivity index (χ2v) is 6.52. The van der Waals surface area contributed by atoms with Gasteiger partial charge in [-0.2, -0.15) is 11.8 Å². The van der Waals surface area contributed by atoms with Crippen molar-refractivity contribution in [2.24, 2.45) is 0 Å². The molecule has 1 aromatic rings. The second-order valence-electron chi connectivity index (χ2n) is 5.53. The summed E-state index contributed by atoms with van der Waals surface area (Å²) in [6, 6.07) is 5.94. The lowest BCUT2D eigenvalue weighted by Crippen LogP contribution is -2.39. The van der Waals surface area contributed by atoms with Crippen molar-refractivity contribution in [3.05, 3.63) is 29.3 Å². The lowest BCUT2D eigenvalue weighted by molar-refractivity contribution is 0.0696. The van der Waals surface area contributed by atoms with Crippen molar-refractivity contribution in [3.8, 4) is 5.75 Å². The maximum atomic E-state index is 12.5. The predicted molar refractivity (Wildman–Crippen MR) is 91.0 cm³/mol. The average Bonchev–Trinajstić information content (AvgIpc) is 2.54. The van der Waals surface area contributed by atoms with E-state index >= 15 is 0 Å². The molecule has 0 spiro atoms. The Morgan fingerprint density at radius 1 is 1.41 bits per heavy atom. The van der Waals surface area contributed by atoms with Crippen molar-refractivity contribution in [2.45, 2.75) is 32.2 Å². The van der Waals surface area contributed by atoms with Crippen LogP contribution in [-0.2, 0) is 4.74 Å². The molecule has 1 N–H and O–H groups in total. The zero-order valence-corrected chi connectivity index (χ0v) is 14.2. The third-order valence-electron chi connectivity index (χ3n) is 3.77. The summed E-state index contributed by atoms with van der Waals surface area (Å²) in [6.45, 7) is 4.09. The first-order chi connectivity index (χ1) is 10.7. The van der Waals surface area contributed by atoms with Crippen LogP contribution in [0.2, 0.25) is 0 Å². The minimum Gasteiger partial charge on any atom is -0.494 e. The molecule has 0 saturated carbocycles. The summed E-state index contributed by atoms with van der Waals surface area (Å²) in [5, 5.41) is 3.10. The van der Waals surface area contributed by atoms with Gasteiger partial charge in [0.05, 0.1) is 6.61 Å². The van der Waals surface area contributed by atoms with Crippen LogP contribution in [0, 0.1) is 6.92 Å². The highest BCUT2D eigenvalue weighted by atomic mass is 32.2. The molecule has 1 fully saturated rings. The minimum atomic E-state index is -0.0148. The Bertz CT molecular complexity index is 487. The number of thioether (sulfide) groups is 1. The van der Waals surface area contributed by atoms with E-state index in [2.05, 4.69) is 11.6 Å². The zero-order valence-electron chi connectivity index (χ0n) is 13.4. The standard InChI is InChI=1S/C17H25NO3S/c1-13-4-5-15(21-8-3-11-22-2)12-16(13)17(19)18-14-6-9-20-10-7-14/h4-5,12,14H,3,6-11H2,1-2H3,(H,18,19). The second kappa shape index (κ2) is 9.06. The minimum absolute atomic E-state index is 0.0148. The number of rotatable bonds is 7. The summed E-state index contributed by atoms with van der Waals surface area (Å²) < 4.78 is 11.1. The van der Waals surface area contributed by atoms with E-state index in [1.165, 1.54) is 0 Å². The Hall–Kier alpha value is -1.20. The van der Waals surface area contributed by atoms with Gasteiger partial charge in [0.2, 0.25) is 0 Å². The van der Waals surface area contributed by atoms with Crippen LogP contribution in [-0.4, -0.2) is 43.8 Å². The van der Waals surface area contributed by atoms with Crippen LogP contribution in [0.1, 0.15) is 35.2 Å². The van der Waals surface area contributed by atoms with E-state index in [1.54, 1.807) is 0 Å². The molecule has 0 radical (unpaired) electrons. The fourth-order valence-electron chi connectivity index (χ4n) is 2.43. The number of carbonyl (C=O) groups excluding carboxylic acids is 1. The van der Waals surface area contributed by atoms with Gasteiger partial charge in [-0.05, 0) is 55.9 Å². The monoisotopic (exact) mass is 323 g/mol. The quantitative estimate of drug-likeness (QED) is 0.784. The Labute approximate surface area is 137 Å². The molecule has 122 valence electrons. The van der Waals surface area contributed by atoms with Crippen LogP contribution in [0.4, 0.5) is 0 Å². The molecule has 1 saturated heterocycles. The summed E-state index contributed by atoms with van der Waals surface area (Å²) in [6.07, 6.45) is 4.87. The molecule has 1 heterocycles. The fourth-order valence-corrected chi connectivity index (χ4v) is 2.84. The molecule has 2 rings (SSSR count). The number of hydrogen-bond donors (Lipinski definition) is 1. The van der Waals surface area contributed by atoms with Gasteiger partial charge in [0.15, 0.2) is 0 Å². The van der Waals surface area contributed by atoms with Gasteiger partial charge in [0, 0.05) is 24.8 Å². The maximum Gasteiger partial charge on any atom is 0.251 e. The Morgan fingerprint density at radius 2 is 2.18 bits per heavy atom. The Morgan fingerprint density at radius 3 is 2.91 bits per heavy atom. The normalized spacial score (nSPS) is 15.5. The van der Waals surface area contributed by atoms with Crippen LogP contribution >= 0.6 is 11.8 Å². The molecule has 0 aliphatic carbocycles. The smallest absolute Gasteiger partial charge is 0.251 e. The van der Waals surface area contributed by atoms with E-state index in [0.29, 0.717) is 12.2 Å². The maximum absolute atomic E-state index is 12.5. The molecular formula is C17H25NO3S. The van der Waals surface area contributed by atoms with Crippen molar-refractivity contribution in [2.75, 3.05) is 31.8 Å². The fraction of sp³-hybridized carbons (Fsp3) is 0.588. The highest BCUT2D eigenvalue weighted by Gasteiger charge is 2.18. The molecule has 0 atom stereocenters. The average molecular weight is 323 g/mol. The van der Waals surface area contributed by atoms with Gasteiger partial charge < -0.3 is 14.8 Å². The van der Waals surface area contributed by atoms with E-state index in [4.69, 9.17) is 9.47 Å². The molecule has 0 unspecified atom stereocenters. The first kappa shape index (κ1) is 17.2. The lowest BCUT2D eigenvalue weighted by Gasteiger charge is -2.23. The van der Waals surface area contributed by atoms with E-state index in [1.807, 2.05) is 36.9 Å². The number of amides is 1.